The predicted octanol–water partition coefficient (Wildman–Crippen LogP) is 2.56. The van der Waals surface area contributed by atoms with Crippen LogP contribution in [0.5, 0.6) is 0 Å². The minimum absolute atomic E-state index is 0.185. The van der Waals surface area contributed by atoms with Crippen molar-refractivity contribution in [1.82, 2.24) is 10.2 Å². The lowest BCUT2D eigenvalue weighted by Crippen LogP contribution is -1.96. The highest BCUT2D eigenvalue weighted by molar-refractivity contribution is 7.12. The van der Waals surface area contributed by atoms with Gasteiger partial charge in [-0.05, 0) is 18.2 Å². The molecule has 1 aromatic heterocycles. The summed E-state index contributed by atoms with van der Waals surface area (Å²) in [6.45, 7) is 0. The normalized spacial score (nSPS) is 10.2. The van der Waals surface area contributed by atoms with Gasteiger partial charge in [0.25, 0.3) is 0 Å². The number of nitrogens with zero attached hydrogens (tertiary/aromatic N) is 2. The lowest BCUT2D eigenvalue weighted by atomic mass is 10.1. The zero-order chi connectivity index (χ0) is 10.8. The largest absolute Gasteiger partial charge is 0.478 e. The zero-order valence-electron chi connectivity index (χ0n) is 7.35. The SMILES string of the molecule is O=C(O)c1ccc(Cl)c(-c2nncs2)c1. The van der Waals surface area contributed by atoms with Gasteiger partial charge in [0.15, 0.2) is 0 Å². The number of aromatic carboxylic acids is 1. The van der Waals surface area contributed by atoms with E-state index in [1.807, 2.05) is 0 Å². The fraction of sp³-hybridized carbons (Fsp3) is 0. The third-order valence-electron chi connectivity index (χ3n) is 1.80. The summed E-state index contributed by atoms with van der Waals surface area (Å²) in [6.07, 6.45) is 0. The number of benzene rings is 1. The molecule has 4 nitrogen and oxygen atoms in total. The second-order valence-electron chi connectivity index (χ2n) is 2.74. The van der Waals surface area contributed by atoms with Crippen LogP contribution in [-0.2, 0) is 0 Å². The molecule has 0 unspecified atom stereocenters. The van der Waals surface area contributed by atoms with E-state index in [9.17, 15) is 4.79 Å². The lowest BCUT2D eigenvalue weighted by molar-refractivity contribution is 0.0697. The highest BCUT2D eigenvalue weighted by Crippen LogP contribution is 2.29. The van der Waals surface area contributed by atoms with E-state index in [1.165, 1.54) is 23.5 Å². The Balaban J connectivity index is 2.55. The minimum Gasteiger partial charge on any atom is -0.478 e. The summed E-state index contributed by atoms with van der Waals surface area (Å²) in [5.41, 5.74) is 2.35. The van der Waals surface area contributed by atoms with Gasteiger partial charge in [0, 0.05) is 5.56 Å². The average Bonchev–Trinajstić information content (AvgIpc) is 2.71. The third-order valence-corrected chi connectivity index (χ3v) is 2.86. The van der Waals surface area contributed by atoms with Crippen molar-refractivity contribution in [1.29, 1.82) is 0 Å². The maximum Gasteiger partial charge on any atom is 0.335 e. The molecule has 0 bridgehead atoms. The van der Waals surface area contributed by atoms with Crippen LogP contribution in [-0.4, -0.2) is 21.3 Å². The molecule has 0 aliphatic rings. The molecule has 1 aromatic carbocycles. The van der Waals surface area contributed by atoms with E-state index in [0.29, 0.717) is 15.6 Å². The molecule has 0 saturated heterocycles. The molecular formula is C9H5ClN2O2S. The van der Waals surface area contributed by atoms with Crippen LogP contribution in [0.2, 0.25) is 5.02 Å². The first-order valence-electron chi connectivity index (χ1n) is 3.98. The molecule has 1 N–H and O–H groups in total. The zero-order valence-corrected chi connectivity index (χ0v) is 8.92. The van der Waals surface area contributed by atoms with Gasteiger partial charge in [-0.1, -0.05) is 22.9 Å². The standard InChI is InChI=1S/C9H5ClN2O2S/c10-7-2-1-5(9(13)14)3-6(7)8-12-11-4-15-8/h1-4H,(H,13,14). The van der Waals surface area contributed by atoms with Crippen LogP contribution in [0.3, 0.4) is 0 Å². The molecule has 0 saturated carbocycles. The van der Waals surface area contributed by atoms with E-state index in [0.717, 1.165) is 0 Å². The van der Waals surface area contributed by atoms with Gasteiger partial charge in [-0.3, -0.25) is 0 Å². The Labute approximate surface area is 94.2 Å². The second kappa shape index (κ2) is 3.96. The van der Waals surface area contributed by atoms with Gasteiger partial charge in [-0.2, -0.15) is 0 Å². The van der Waals surface area contributed by atoms with Crippen molar-refractivity contribution in [3.05, 3.63) is 34.3 Å². The van der Waals surface area contributed by atoms with Crippen molar-refractivity contribution in [3.63, 3.8) is 0 Å². The van der Waals surface area contributed by atoms with Crippen LogP contribution >= 0.6 is 22.9 Å². The van der Waals surface area contributed by atoms with E-state index < -0.39 is 5.97 Å². The van der Waals surface area contributed by atoms with Gasteiger partial charge in [0.1, 0.15) is 10.5 Å². The summed E-state index contributed by atoms with van der Waals surface area (Å²) in [5, 5.41) is 17.4. The summed E-state index contributed by atoms with van der Waals surface area (Å²) in [5.74, 6) is -0.988. The Kier molecular flexibility index (Phi) is 2.66. The number of aromatic nitrogens is 2. The van der Waals surface area contributed by atoms with Gasteiger partial charge in [-0.25, -0.2) is 4.79 Å². The topological polar surface area (TPSA) is 63.1 Å². The first kappa shape index (κ1) is 10.1. The van der Waals surface area contributed by atoms with Crippen molar-refractivity contribution >= 4 is 28.9 Å². The van der Waals surface area contributed by atoms with Gasteiger partial charge in [-0.15, -0.1) is 10.2 Å². The Bertz CT molecular complexity index is 499. The highest BCUT2D eigenvalue weighted by atomic mass is 35.5. The van der Waals surface area contributed by atoms with Crippen LogP contribution < -0.4 is 0 Å². The summed E-state index contributed by atoms with van der Waals surface area (Å²) >= 11 is 7.25. The van der Waals surface area contributed by atoms with Crippen molar-refractivity contribution in [2.45, 2.75) is 0 Å². The first-order valence-corrected chi connectivity index (χ1v) is 5.23. The number of carboxylic acid groups (broad SMARTS) is 1. The molecule has 2 rings (SSSR count). The van der Waals surface area contributed by atoms with Crippen LogP contribution in [0, 0.1) is 0 Å². The van der Waals surface area contributed by atoms with Gasteiger partial charge < -0.3 is 5.11 Å². The van der Waals surface area contributed by atoms with E-state index >= 15 is 0 Å². The number of carboxylic acids is 1. The molecule has 0 fully saturated rings. The smallest absolute Gasteiger partial charge is 0.335 e. The van der Waals surface area contributed by atoms with Gasteiger partial charge in [0.2, 0.25) is 0 Å². The Morgan fingerprint density at radius 2 is 2.27 bits per heavy atom. The summed E-state index contributed by atoms with van der Waals surface area (Å²) in [7, 11) is 0. The number of halogens is 1. The number of carbonyl (C=O) groups is 1. The van der Waals surface area contributed by atoms with E-state index in [-0.39, 0.29) is 5.56 Å². The van der Waals surface area contributed by atoms with E-state index in [2.05, 4.69) is 10.2 Å². The van der Waals surface area contributed by atoms with E-state index in [4.69, 9.17) is 16.7 Å². The summed E-state index contributed by atoms with van der Waals surface area (Å²) in [6, 6.07) is 4.49. The molecule has 15 heavy (non-hydrogen) atoms. The van der Waals surface area contributed by atoms with Crippen molar-refractivity contribution in [2.24, 2.45) is 0 Å². The molecule has 1 heterocycles. The Morgan fingerprint density at radius 1 is 1.47 bits per heavy atom. The summed E-state index contributed by atoms with van der Waals surface area (Å²) < 4.78 is 0. The van der Waals surface area contributed by atoms with Crippen molar-refractivity contribution in [2.75, 3.05) is 0 Å². The molecule has 76 valence electrons. The first-order chi connectivity index (χ1) is 7.18. The summed E-state index contributed by atoms with van der Waals surface area (Å²) in [4.78, 5) is 10.8. The van der Waals surface area contributed by atoms with E-state index in [1.54, 1.807) is 11.6 Å². The minimum atomic E-state index is -0.988. The molecule has 2 aromatic rings. The number of rotatable bonds is 2. The van der Waals surface area contributed by atoms with Crippen molar-refractivity contribution < 1.29 is 9.90 Å². The molecule has 0 spiro atoms. The predicted molar refractivity (Wildman–Crippen MR) is 57.3 cm³/mol. The number of hydrogen-bond donors (Lipinski definition) is 1. The highest BCUT2D eigenvalue weighted by Gasteiger charge is 2.10. The lowest BCUT2D eigenvalue weighted by Gasteiger charge is -2.01. The Hall–Kier alpha value is -1.46. The molecule has 0 radical (unpaired) electrons. The van der Waals surface area contributed by atoms with Crippen LogP contribution in [0.15, 0.2) is 23.7 Å². The fourth-order valence-corrected chi connectivity index (χ4v) is 1.96. The Morgan fingerprint density at radius 3 is 2.87 bits per heavy atom. The average molecular weight is 241 g/mol. The molecule has 0 atom stereocenters. The maximum atomic E-state index is 10.8. The van der Waals surface area contributed by atoms with Crippen molar-refractivity contribution in [3.8, 4) is 10.6 Å². The van der Waals surface area contributed by atoms with Gasteiger partial charge in [0.05, 0.1) is 10.6 Å². The maximum absolute atomic E-state index is 10.8. The fourth-order valence-electron chi connectivity index (χ4n) is 1.11. The van der Waals surface area contributed by atoms with Crippen LogP contribution in [0.25, 0.3) is 10.6 Å². The molecular weight excluding hydrogens is 236 g/mol. The van der Waals surface area contributed by atoms with Crippen LogP contribution in [0.4, 0.5) is 0 Å². The molecule has 0 aliphatic carbocycles. The molecule has 0 amide bonds. The quantitative estimate of drug-likeness (QED) is 0.876. The molecule has 0 aliphatic heterocycles. The third kappa shape index (κ3) is 1.98. The molecule has 6 heteroatoms. The van der Waals surface area contributed by atoms with Crippen LogP contribution in [0.1, 0.15) is 10.4 Å². The van der Waals surface area contributed by atoms with Gasteiger partial charge >= 0.3 is 5.97 Å². The monoisotopic (exact) mass is 240 g/mol. The number of hydrogen-bond acceptors (Lipinski definition) is 4. The second-order valence-corrected chi connectivity index (χ2v) is 3.98.